The molecule has 1 aromatic heterocycles. The normalized spacial score (nSPS) is 16.7. The molecule has 3 nitrogen and oxygen atoms in total. The van der Waals surface area contributed by atoms with Crippen LogP contribution in [-0.4, -0.2) is 22.3 Å². The van der Waals surface area contributed by atoms with Gasteiger partial charge in [0, 0.05) is 6.20 Å². The van der Waals surface area contributed by atoms with E-state index < -0.39 is 11.7 Å². The smallest absolute Gasteiger partial charge is 0.423 e. The number of hydrogen-bond donors (Lipinski definition) is 0. The number of hydrogen-bond acceptors (Lipinski definition) is 4. The Morgan fingerprint density at radius 1 is 1.41 bits per heavy atom. The molecule has 1 aromatic rings. The molecule has 0 N–H and O–H groups in total. The Bertz CT molecular complexity index is 407. The van der Waals surface area contributed by atoms with Gasteiger partial charge in [-0.3, -0.25) is 0 Å². The van der Waals surface area contributed by atoms with E-state index in [-0.39, 0.29) is 17.1 Å². The van der Waals surface area contributed by atoms with Gasteiger partial charge in [0.25, 0.3) is 0 Å². The molecule has 7 heteroatoms. The van der Waals surface area contributed by atoms with Gasteiger partial charge in [0.05, 0.1) is 0 Å². The van der Waals surface area contributed by atoms with Crippen molar-refractivity contribution in [3.05, 3.63) is 11.8 Å². The predicted octanol–water partition coefficient (Wildman–Crippen LogP) is 3.15. The Balaban J connectivity index is 2.29. The molecule has 1 aliphatic rings. The van der Waals surface area contributed by atoms with Gasteiger partial charge in [-0.25, -0.2) is 4.98 Å². The number of thioether (sulfide) groups is 1. The maximum absolute atomic E-state index is 12.7. The van der Waals surface area contributed by atoms with Gasteiger partial charge in [0.2, 0.25) is 5.88 Å². The minimum Gasteiger partial charge on any atom is -0.474 e. The molecule has 0 spiro atoms. The van der Waals surface area contributed by atoms with Gasteiger partial charge < -0.3 is 4.74 Å². The number of aromatic nitrogens is 2. The number of alkyl halides is 3. The van der Waals surface area contributed by atoms with Crippen LogP contribution in [0.5, 0.6) is 5.88 Å². The maximum Gasteiger partial charge on any atom is 0.423 e. The quantitative estimate of drug-likeness (QED) is 0.620. The summed E-state index contributed by atoms with van der Waals surface area (Å²) in [6.07, 6.45) is 0.442. The first-order chi connectivity index (χ1) is 8.00. The van der Waals surface area contributed by atoms with Crippen molar-refractivity contribution in [2.24, 2.45) is 0 Å². The van der Waals surface area contributed by atoms with Crippen molar-refractivity contribution in [1.29, 1.82) is 0 Å². The van der Waals surface area contributed by atoms with Crippen LogP contribution in [-0.2, 0) is 6.18 Å². The summed E-state index contributed by atoms with van der Waals surface area (Å²) in [4.78, 5) is 7.42. The highest BCUT2D eigenvalue weighted by atomic mass is 32.2. The van der Waals surface area contributed by atoms with E-state index in [2.05, 4.69) is 9.97 Å². The lowest BCUT2D eigenvalue weighted by atomic mass is 9.96. The van der Waals surface area contributed by atoms with Crippen molar-refractivity contribution in [3.63, 3.8) is 0 Å². The fourth-order valence-corrected chi connectivity index (χ4v) is 1.71. The summed E-state index contributed by atoms with van der Waals surface area (Å²) in [5, 5.41) is 0.285. The van der Waals surface area contributed by atoms with Crippen LogP contribution < -0.4 is 4.74 Å². The zero-order valence-electron chi connectivity index (χ0n) is 9.12. The maximum atomic E-state index is 12.7. The molecule has 94 valence electrons. The molecule has 17 heavy (non-hydrogen) atoms. The van der Waals surface area contributed by atoms with Crippen LogP contribution in [0.4, 0.5) is 13.2 Å². The lowest BCUT2D eigenvalue weighted by Gasteiger charge is -2.26. The third-order valence-corrected chi connectivity index (χ3v) is 3.11. The van der Waals surface area contributed by atoms with Crippen LogP contribution in [0.1, 0.15) is 24.8 Å². The molecule has 0 saturated heterocycles. The molecule has 1 heterocycles. The third kappa shape index (κ3) is 2.83. The number of nitrogens with zero attached hydrogens (tertiary/aromatic N) is 2. The van der Waals surface area contributed by atoms with Gasteiger partial charge in [0.15, 0.2) is 5.16 Å². The highest BCUT2D eigenvalue weighted by Crippen LogP contribution is 2.37. The predicted molar refractivity (Wildman–Crippen MR) is 57.1 cm³/mol. The Morgan fingerprint density at radius 2 is 2.12 bits per heavy atom. The van der Waals surface area contributed by atoms with Gasteiger partial charge in [-0.1, -0.05) is 11.8 Å². The minimum absolute atomic E-state index is 0.138. The number of ether oxygens (including phenoxy) is 1. The molecule has 0 atom stereocenters. The van der Waals surface area contributed by atoms with E-state index in [4.69, 9.17) is 4.74 Å². The van der Waals surface area contributed by atoms with E-state index in [1.807, 2.05) is 0 Å². The highest BCUT2D eigenvalue weighted by molar-refractivity contribution is 7.98. The van der Waals surface area contributed by atoms with Crippen LogP contribution in [0.3, 0.4) is 0 Å². The molecule has 0 amide bonds. The van der Waals surface area contributed by atoms with E-state index in [9.17, 15) is 13.2 Å². The summed E-state index contributed by atoms with van der Waals surface area (Å²) in [5.74, 6) is -0.346. The fraction of sp³-hybridized carbons (Fsp3) is 0.600. The lowest BCUT2D eigenvalue weighted by molar-refractivity contribution is -0.140. The Labute approximate surface area is 101 Å². The SMILES string of the molecule is CSc1ncc(C(F)(F)F)c(OC2CCC2)n1. The average molecular weight is 264 g/mol. The average Bonchev–Trinajstić information content (AvgIpc) is 2.21. The molecular formula is C10H11F3N2OS. The van der Waals surface area contributed by atoms with Gasteiger partial charge in [0.1, 0.15) is 11.7 Å². The molecule has 0 unspecified atom stereocenters. The first-order valence-corrected chi connectivity index (χ1v) is 6.38. The van der Waals surface area contributed by atoms with Crippen molar-refractivity contribution in [2.45, 2.75) is 36.7 Å². The van der Waals surface area contributed by atoms with E-state index >= 15 is 0 Å². The zero-order valence-corrected chi connectivity index (χ0v) is 9.94. The zero-order chi connectivity index (χ0) is 12.5. The summed E-state index contributed by atoms with van der Waals surface area (Å²) in [5.41, 5.74) is -0.901. The second kappa shape index (κ2) is 4.72. The molecule has 0 radical (unpaired) electrons. The topological polar surface area (TPSA) is 35.0 Å². The summed E-state index contributed by atoms with van der Waals surface area (Å²) >= 11 is 1.19. The van der Waals surface area contributed by atoms with Crippen LogP contribution >= 0.6 is 11.8 Å². The van der Waals surface area contributed by atoms with E-state index in [1.165, 1.54) is 11.8 Å². The second-order valence-electron chi connectivity index (χ2n) is 3.74. The summed E-state index contributed by atoms with van der Waals surface area (Å²) in [7, 11) is 0. The minimum atomic E-state index is -4.48. The Hall–Kier alpha value is -0.980. The molecule has 0 aliphatic heterocycles. The van der Waals surface area contributed by atoms with Crippen molar-refractivity contribution in [1.82, 2.24) is 9.97 Å². The standard InChI is InChI=1S/C10H11F3N2OS/c1-17-9-14-5-7(10(11,12)13)8(15-9)16-6-3-2-4-6/h5-6H,2-4H2,1H3. The first kappa shape index (κ1) is 12.5. The lowest BCUT2D eigenvalue weighted by Crippen LogP contribution is -2.26. The third-order valence-electron chi connectivity index (χ3n) is 2.55. The van der Waals surface area contributed by atoms with Gasteiger partial charge in [-0.15, -0.1) is 0 Å². The van der Waals surface area contributed by atoms with Crippen molar-refractivity contribution in [3.8, 4) is 5.88 Å². The number of rotatable bonds is 3. The first-order valence-electron chi connectivity index (χ1n) is 5.15. The van der Waals surface area contributed by atoms with Crippen LogP contribution in [0, 0.1) is 0 Å². The molecular weight excluding hydrogens is 253 g/mol. The molecule has 1 saturated carbocycles. The van der Waals surface area contributed by atoms with Crippen LogP contribution in [0.2, 0.25) is 0 Å². The van der Waals surface area contributed by atoms with Crippen molar-refractivity contribution >= 4 is 11.8 Å². The fourth-order valence-electron chi connectivity index (χ4n) is 1.38. The highest BCUT2D eigenvalue weighted by Gasteiger charge is 2.37. The Morgan fingerprint density at radius 3 is 2.59 bits per heavy atom. The monoisotopic (exact) mass is 264 g/mol. The van der Waals surface area contributed by atoms with E-state index in [1.54, 1.807) is 6.26 Å². The molecule has 0 aromatic carbocycles. The van der Waals surface area contributed by atoms with Gasteiger partial charge >= 0.3 is 6.18 Å². The summed E-state index contributed by atoms with van der Waals surface area (Å²) < 4.78 is 43.3. The van der Waals surface area contributed by atoms with Gasteiger partial charge in [-0.05, 0) is 25.5 Å². The molecule has 1 aliphatic carbocycles. The van der Waals surface area contributed by atoms with Crippen LogP contribution in [0.15, 0.2) is 11.4 Å². The second-order valence-corrected chi connectivity index (χ2v) is 4.52. The molecule has 2 rings (SSSR count). The number of halogens is 3. The molecule has 0 bridgehead atoms. The van der Waals surface area contributed by atoms with E-state index in [0.717, 1.165) is 25.5 Å². The molecule has 1 fully saturated rings. The summed E-state index contributed by atoms with van der Waals surface area (Å²) in [6, 6.07) is 0. The van der Waals surface area contributed by atoms with E-state index in [0.29, 0.717) is 0 Å². The van der Waals surface area contributed by atoms with Gasteiger partial charge in [-0.2, -0.15) is 18.2 Å². The summed E-state index contributed by atoms with van der Waals surface area (Å²) in [6.45, 7) is 0. The Kier molecular flexibility index (Phi) is 3.46. The largest absolute Gasteiger partial charge is 0.474 e. The van der Waals surface area contributed by atoms with Crippen molar-refractivity contribution < 1.29 is 17.9 Å². The van der Waals surface area contributed by atoms with Crippen LogP contribution in [0.25, 0.3) is 0 Å². The van der Waals surface area contributed by atoms with Crippen molar-refractivity contribution in [2.75, 3.05) is 6.26 Å².